The molecule has 1 heterocycles. The lowest BCUT2D eigenvalue weighted by atomic mass is 9.76. The first-order valence-corrected chi connectivity index (χ1v) is 10.1. The van der Waals surface area contributed by atoms with Gasteiger partial charge in [-0.15, -0.1) is 4.99 Å². The van der Waals surface area contributed by atoms with Crippen molar-refractivity contribution in [1.82, 2.24) is 0 Å². The standard InChI is InChI=1S/C24H27N3O3/c1-23(2)12-10-15(11-13-23)17-14-16(24(3,4)22(29)30)6-7-18(17)27-21(28)19-8-9-20(25-5)26-19/h6-7,9-10,14H,8,11-13H2,1-4H3,(H,27,28)(H,29,30). The Morgan fingerprint density at radius 3 is 2.57 bits per heavy atom. The van der Waals surface area contributed by atoms with Gasteiger partial charge < -0.3 is 15.3 Å². The van der Waals surface area contributed by atoms with Crippen LogP contribution in [0.15, 0.2) is 41.2 Å². The Labute approximate surface area is 177 Å². The third kappa shape index (κ3) is 4.35. The van der Waals surface area contributed by atoms with Crippen LogP contribution in [0.2, 0.25) is 0 Å². The molecular weight excluding hydrogens is 378 g/mol. The van der Waals surface area contributed by atoms with Crippen LogP contribution in [0.3, 0.4) is 0 Å². The minimum atomic E-state index is -1.05. The Morgan fingerprint density at radius 2 is 2.00 bits per heavy atom. The molecule has 0 saturated carbocycles. The molecule has 2 aliphatic rings. The topological polar surface area (TPSA) is 83.1 Å². The number of benzene rings is 1. The number of allylic oxidation sites excluding steroid dienone is 3. The summed E-state index contributed by atoms with van der Waals surface area (Å²) in [7, 11) is 0. The first-order valence-electron chi connectivity index (χ1n) is 10.1. The van der Waals surface area contributed by atoms with E-state index in [0.29, 0.717) is 23.4 Å². The second-order valence-electron chi connectivity index (χ2n) is 9.18. The van der Waals surface area contributed by atoms with E-state index in [1.807, 2.05) is 6.07 Å². The fourth-order valence-corrected chi connectivity index (χ4v) is 3.58. The van der Waals surface area contributed by atoms with Crippen molar-refractivity contribution in [3.8, 4) is 0 Å². The summed E-state index contributed by atoms with van der Waals surface area (Å²) in [5.74, 6) is -1.01. The van der Waals surface area contributed by atoms with Crippen LogP contribution in [0, 0.1) is 12.0 Å². The molecule has 1 aliphatic carbocycles. The van der Waals surface area contributed by atoms with E-state index < -0.39 is 11.4 Å². The number of hydrogen-bond donors (Lipinski definition) is 2. The monoisotopic (exact) mass is 405 g/mol. The van der Waals surface area contributed by atoms with E-state index in [9.17, 15) is 14.7 Å². The van der Waals surface area contributed by atoms with E-state index in [4.69, 9.17) is 6.57 Å². The highest BCUT2D eigenvalue weighted by molar-refractivity contribution is 6.44. The molecule has 0 bridgehead atoms. The highest BCUT2D eigenvalue weighted by atomic mass is 16.4. The number of carboxylic acid groups (broad SMARTS) is 1. The zero-order valence-electron chi connectivity index (χ0n) is 17.9. The molecule has 30 heavy (non-hydrogen) atoms. The Morgan fingerprint density at radius 1 is 1.27 bits per heavy atom. The Hall–Kier alpha value is -3.20. The van der Waals surface area contributed by atoms with Crippen molar-refractivity contribution in [1.29, 1.82) is 0 Å². The molecule has 0 spiro atoms. The number of nitrogens with zero attached hydrogens (tertiary/aromatic N) is 2. The molecule has 0 saturated heterocycles. The fraction of sp³-hybridized carbons (Fsp3) is 0.417. The van der Waals surface area contributed by atoms with Gasteiger partial charge in [0.1, 0.15) is 0 Å². The maximum absolute atomic E-state index is 12.7. The molecule has 6 nitrogen and oxygen atoms in total. The fourth-order valence-electron chi connectivity index (χ4n) is 3.58. The lowest BCUT2D eigenvalue weighted by Crippen LogP contribution is -2.29. The number of rotatable bonds is 5. The summed E-state index contributed by atoms with van der Waals surface area (Å²) in [4.78, 5) is 31.8. The normalized spacial score (nSPS) is 18.0. The third-order valence-electron chi connectivity index (χ3n) is 5.95. The van der Waals surface area contributed by atoms with Gasteiger partial charge in [-0.1, -0.05) is 38.6 Å². The van der Waals surface area contributed by atoms with Gasteiger partial charge in [0.25, 0.3) is 11.7 Å². The Kier molecular flexibility index (Phi) is 5.67. The van der Waals surface area contributed by atoms with Gasteiger partial charge >= 0.3 is 5.97 Å². The predicted octanol–water partition coefficient (Wildman–Crippen LogP) is 5.19. The van der Waals surface area contributed by atoms with Crippen LogP contribution in [-0.2, 0) is 15.0 Å². The van der Waals surface area contributed by atoms with E-state index in [-0.39, 0.29) is 17.1 Å². The maximum atomic E-state index is 12.7. The van der Waals surface area contributed by atoms with Gasteiger partial charge in [0, 0.05) is 17.7 Å². The Bertz CT molecular complexity index is 1040. The smallest absolute Gasteiger partial charge is 0.313 e. The molecule has 0 radical (unpaired) electrons. The molecule has 2 N–H and O–H groups in total. The summed E-state index contributed by atoms with van der Waals surface area (Å²) in [5, 5.41) is 12.6. The van der Waals surface area contributed by atoms with Crippen LogP contribution >= 0.6 is 0 Å². The number of aliphatic imine (C=N–C) groups is 1. The molecule has 0 atom stereocenters. The van der Waals surface area contributed by atoms with Crippen molar-refractivity contribution < 1.29 is 14.7 Å². The van der Waals surface area contributed by atoms with Crippen LogP contribution in [0.1, 0.15) is 64.5 Å². The van der Waals surface area contributed by atoms with Gasteiger partial charge in [0.2, 0.25) is 0 Å². The summed E-state index contributed by atoms with van der Waals surface area (Å²) < 4.78 is 0. The van der Waals surface area contributed by atoms with E-state index in [1.165, 1.54) is 0 Å². The van der Waals surface area contributed by atoms with Crippen molar-refractivity contribution in [2.75, 3.05) is 5.32 Å². The molecule has 6 heteroatoms. The van der Waals surface area contributed by atoms with Crippen LogP contribution < -0.4 is 5.32 Å². The minimum Gasteiger partial charge on any atom is -0.481 e. The number of anilines is 1. The number of amides is 1. The molecule has 1 aromatic carbocycles. The van der Waals surface area contributed by atoms with E-state index in [1.54, 1.807) is 32.1 Å². The van der Waals surface area contributed by atoms with Crippen molar-refractivity contribution in [2.45, 2.75) is 58.8 Å². The minimum absolute atomic E-state index is 0.227. The van der Waals surface area contributed by atoms with Crippen molar-refractivity contribution in [3.63, 3.8) is 0 Å². The largest absolute Gasteiger partial charge is 0.481 e. The summed E-state index contributed by atoms with van der Waals surface area (Å²) in [6.45, 7) is 14.8. The predicted molar refractivity (Wildman–Crippen MR) is 118 cm³/mol. The van der Waals surface area contributed by atoms with Crippen LogP contribution in [0.5, 0.6) is 0 Å². The number of carbonyl (C=O) groups is 2. The van der Waals surface area contributed by atoms with Gasteiger partial charge in [-0.25, -0.2) is 0 Å². The lowest BCUT2D eigenvalue weighted by molar-refractivity contribution is -0.142. The van der Waals surface area contributed by atoms with Crippen molar-refractivity contribution in [3.05, 3.63) is 58.7 Å². The highest BCUT2D eigenvalue weighted by Crippen LogP contribution is 2.41. The first kappa shape index (κ1) is 21.5. The van der Waals surface area contributed by atoms with Gasteiger partial charge in [-0.3, -0.25) is 9.59 Å². The molecule has 1 aliphatic heterocycles. The van der Waals surface area contributed by atoms with Crippen LogP contribution in [-0.4, -0.2) is 22.7 Å². The summed E-state index contributed by atoms with van der Waals surface area (Å²) in [5.41, 5.74) is 2.77. The number of nitrogens with one attached hydrogen (secondary N) is 1. The lowest BCUT2D eigenvalue weighted by Gasteiger charge is -2.30. The molecule has 3 rings (SSSR count). The summed E-state index contributed by atoms with van der Waals surface area (Å²) >= 11 is 0. The average Bonchev–Trinajstić information content (AvgIpc) is 3.17. The molecule has 1 aromatic rings. The first-order chi connectivity index (χ1) is 14.0. The van der Waals surface area contributed by atoms with Crippen molar-refractivity contribution >= 4 is 28.8 Å². The van der Waals surface area contributed by atoms with E-state index >= 15 is 0 Å². The van der Waals surface area contributed by atoms with Gasteiger partial charge in [0.05, 0.1) is 5.41 Å². The molecule has 0 unspecified atom stereocenters. The summed E-state index contributed by atoms with van der Waals surface area (Å²) in [6, 6.07) is 5.40. The van der Waals surface area contributed by atoms with Gasteiger partial charge in [0.15, 0.2) is 5.71 Å². The van der Waals surface area contributed by atoms with E-state index in [2.05, 4.69) is 35.1 Å². The third-order valence-corrected chi connectivity index (χ3v) is 5.95. The maximum Gasteiger partial charge on any atom is 0.313 e. The average molecular weight is 405 g/mol. The van der Waals surface area contributed by atoms with E-state index in [0.717, 1.165) is 30.4 Å². The van der Waals surface area contributed by atoms with Crippen LogP contribution in [0.25, 0.3) is 10.4 Å². The van der Waals surface area contributed by atoms with Gasteiger partial charge in [-0.05, 0) is 61.8 Å². The number of aliphatic carboxylic acids is 1. The second-order valence-corrected chi connectivity index (χ2v) is 9.18. The molecule has 156 valence electrons. The van der Waals surface area contributed by atoms with Crippen molar-refractivity contribution in [2.24, 2.45) is 10.4 Å². The number of carbonyl (C=O) groups excluding carboxylic acids is 1. The van der Waals surface area contributed by atoms with Gasteiger partial charge in [-0.2, -0.15) is 0 Å². The molecule has 1 amide bonds. The zero-order valence-corrected chi connectivity index (χ0v) is 17.9. The molecular formula is C24H27N3O3. The SMILES string of the molecule is [C-]#[N+]C1=CCC(C(=O)Nc2ccc(C(C)(C)C(=O)O)cc2C2=CCC(C)(C)CC2)=N1. The number of hydrogen-bond acceptors (Lipinski definition) is 3. The highest BCUT2D eigenvalue weighted by Gasteiger charge is 2.31. The quantitative estimate of drug-likeness (QED) is 0.662. The summed E-state index contributed by atoms with van der Waals surface area (Å²) in [6.07, 6.45) is 6.96. The molecule has 0 fully saturated rings. The molecule has 0 aromatic heterocycles. The number of carboxylic acids is 1. The second kappa shape index (κ2) is 7.91. The zero-order chi connectivity index (χ0) is 22.1. The Balaban J connectivity index is 1.98. The van der Waals surface area contributed by atoms with Crippen LogP contribution in [0.4, 0.5) is 5.69 Å².